The fourth-order valence-corrected chi connectivity index (χ4v) is 3.22. The number of nitrogens with zero attached hydrogens (tertiary/aromatic N) is 1. The third kappa shape index (κ3) is 6.76. The standard InChI is InChI=1S/C17H36N2/c1-6-8-16-13-19(10-7-9-14(2)3)17(12-18-16)11-15(4)5/h14-18H,6-13H2,1-5H3. The SMILES string of the molecule is CCCC1CN(CCCC(C)C)C(CC(C)C)CN1. The Morgan fingerprint density at radius 3 is 2.47 bits per heavy atom. The van der Waals surface area contributed by atoms with E-state index in [2.05, 4.69) is 44.8 Å². The monoisotopic (exact) mass is 268 g/mol. The van der Waals surface area contributed by atoms with Gasteiger partial charge in [0.05, 0.1) is 0 Å². The summed E-state index contributed by atoms with van der Waals surface area (Å²) in [6.45, 7) is 15.4. The summed E-state index contributed by atoms with van der Waals surface area (Å²) in [5.41, 5.74) is 0. The Morgan fingerprint density at radius 1 is 1.16 bits per heavy atom. The lowest BCUT2D eigenvalue weighted by atomic mass is 9.97. The maximum absolute atomic E-state index is 3.76. The number of hydrogen-bond donors (Lipinski definition) is 1. The molecule has 1 rings (SSSR count). The molecule has 2 nitrogen and oxygen atoms in total. The van der Waals surface area contributed by atoms with E-state index in [-0.39, 0.29) is 0 Å². The van der Waals surface area contributed by atoms with Crippen molar-refractivity contribution in [3.63, 3.8) is 0 Å². The minimum absolute atomic E-state index is 0.729. The molecule has 1 heterocycles. The van der Waals surface area contributed by atoms with E-state index in [0.29, 0.717) is 0 Å². The van der Waals surface area contributed by atoms with Crippen LogP contribution in [-0.4, -0.2) is 36.6 Å². The van der Waals surface area contributed by atoms with E-state index in [0.717, 1.165) is 23.9 Å². The van der Waals surface area contributed by atoms with E-state index in [1.807, 2.05) is 0 Å². The summed E-state index contributed by atoms with van der Waals surface area (Å²) in [7, 11) is 0. The highest BCUT2D eigenvalue weighted by Crippen LogP contribution is 2.18. The van der Waals surface area contributed by atoms with Crippen molar-refractivity contribution in [3.8, 4) is 0 Å². The summed E-state index contributed by atoms with van der Waals surface area (Å²) in [6, 6.07) is 1.49. The molecule has 0 amide bonds. The van der Waals surface area contributed by atoms with Gasteiger partial charge in [0.2, 0.25) is 0 Å². The molecule has 1 fully saturated rings. The number of hydrogen-bond acceptors (Lipinski definition) is 2. The third-order valence-corrected chi connectivity index (χ3v) is 4.22. The van der Waals surface area contributed by atoms with Crippen molar-refractivity contribution >= 4 is 0 Å². The molecule has 0 aromatic rings. The highest BCUT2D eigenvalue weighted by atomic mass is 15.2. The van der Waals surface area contributed by atoms with Crippen LogP contribution in [0.1, 0.15) is 66.7 Å². The fourth-order valence-electron chi connectivity index (χ4n) is 3.22. The fraction of sp³-hybridized carbons (Fsp3) is 1.00. The summed E-state index contributed by atoms with van der Waals surface area (Å²) < 4.78 is 0. The summed E-state index contributed by atoms with van der Waals surface area (Å²) >= 11 is 0. The highest BCUT2D eigenvalue weighted by Gasteiger charge is 2.27. The Morgan fingerprint density at radius 2 is 1.89 bits per heavy atom. The van der Waals surface area contributed by atoms with Crippen LogP contribution < -0.4 is 5.32 Å². The predicted octanol–water partition coefficient (Wildman–Crippen LogP) is 3.91. The van der Waals surface area contributed by atoms with Crippen molar-refractivity contribution in [3.05, 3.63) is 0 Å². The normalized spacial score (nSPS) is 25.4. The Balaban J connectivity index is 2.45. The Bertz CT molecular complexity index is 225. The largest absolute Gasteiger partial charge is 0.311 e. The first-order valence-electron chi connectivity index (χ1n) is 8.50. The van der Waals surface area contributed by atoms with E-state index in [1.165, 1.54) is 51.7 Å². The molecule has 19 heavy (non-hydrogen) atoms. The van der Waals surface area contributed by atoms with E-state index in [9.17, 15) is 0 Å². The van der Waals surface area contributed by atoms with Crippen molar-refractivity contribution in [2.45, 2.75) is 78.8 Å². The van der Waals surface area contributed by atoms with Crippen LogP contribution in [0.4, 0.5) is 0 Å². The first-order valence-corrected chi connectivity index (χ1v) is 8.50. The van der Waals surface area contributed by atoms with E-state index < -0.39 is 0 Å². The van der Waals surface area contributed by atoms with Crippen LogP contribution in [0.25, 0.3) is 0 Å². The van der Waals surface area contributed by atoms with Crippen LogP contribution in [0.15, 0.2) is 0 Å². The van der Waals surface area contributed by atoms with Gasteiger partial charge in [-0.2, -0.15) is 0 Å². The average Bonchev–Trinajstić information content (AvgIpc) is 2.31. The molecular weight excluding hydrogens is 232 g/mol. The number of rotatable bonds is 8. The van der Waals surface area contributed by atoms with Gasteiger partial charge in [-0.05, 0) is 44.1 Å². The molecule has 0 aromatic carbocycles. The second-order valence-corrected chi connectivity index (χ2v) is 7.21. The first-order chi connectivity index (χ1) is 9.02. The van der Waals surface area contributed by atoms with Crippen LogP contribution in [0.2, 0.25) is 0 Å². The zero-order valence-electron chi connectivity index (χ0n) is 13.9. The van der Waals surface area contributed by atoms with Crippen molar-refractivity contribution in [2.75, 3.05) is 19.6 Å². The molecule has 0 radical (unpaired) electrons. The maximum Gasteiger partial charge on any atom is 0.0223 e. The van der Waals surface area contributed by atoms with Gasteiger partial charge in [0.15, 0.2) is 0 Å². The second kappa shape index (κ2) is 8.97. The van der Waals surface area contributed by atoms with Crippen LogP contribution in [0, 0.1) is 11.8 Å². The molecule has 2 heteroatoms. The van der Waals surface area contributed by atoms with E-state index in [1.54, 1.807) is 0 Å². The van der Waals surface area contributed by atoms with Crippen LogP contribution in [0.3, 0.4) is 0 Å². The van der Waals surface area contributed by atoms with Gasteiger partial charge < -0.3 is 5.32 Å². The number of piperazine rings is 1. The molecule has 0 aliphatic carbocycles. The zero-order chi connectivity index (χ0) is 14.3. The van der Waals surface area contributed by atoms with Gasteiger partial charge >= 0.3 is 0 Å². The van der Waals surface area contributed by atoms with Crippen molar-refractivity contribution < 1.29 is 0 Å². The van der Waals surface area contributed by atoms with E-state index in [4.69, 9.17) is 0 Å². The van der Waals surface area contributed by atoms with Crippen LogP contribution >= 0.6 is 0 Å². The van der Waals surface area contributed by atoms with Gasteiger partial charge in [-0.15, -0.1) is 0 Å². The van der Waals surface area contributed by atoms with Gasteiger partial charge in [0, 0.05) is 25.2 Å². The van der Waals surface area contributed by atoms with Crippen LogP contribution in [-0.2, 0) is 0 Å². The van der Waals surface area contributed by atoms with Gasteiger partial charge in [-0.25, -0.2) is 0 Å². The summed E-state index contributed by atoms with van der Waals surface area (Å²) in [5, 5.41) is 3.76. The quantitative estimate of drug-likeness (QED) is 0.718. The summed E-state index contributed by atoms with van der Waals surface area (Å²) in [4.78, 5) is 2.78. The average molecular weight is 268 g/mol. The summed E-state index contributed by atoms with van der Waals surface area (Å²) in [5.74, 6) is 1.65. The third-order valence-electron chi connectivity index (χ3n) is 4.22. The number of nitrogens with one attached hydrogen (secondary N) is 1. The molecule has 2 atom stereocenters. The van der Waals surface area contributed by atoms with Crippen LogP contribution in [0.5, 0.6) is 0 Å². The maximum atomic E-state index is 3.76. The zero-order valence-corrected chi connectivity index (χ0v) is 13.9. The topological polar surface area (TPSA) is 15.3 Å². The lowest BCUT2D eigenvalue weighted by molar-refractivity contribution is 0.108. The Kier molecular flexibility index (Phi) is 8.01. The molecular formula is C17H36N2. The molecule has 0 bridgehead atoms. The van der Waals surface area contributed by atoms with Gasteiger partial charge in [0.1, 0.15) is 0 Å². The predicted molar refractivity (Wildman–Crippen MR) is 85.6 cm³/mol. The molecule has 2 unspecified atom stereocenters. The lowest BCUT2D eigenvalue weighted by Gasteiger charge is -2.41. The molecule has 1 aliphatic rings. The van der Waals surface area contributed by atoms with Crippen molar-refractivity contribution in [2.24, 2.45) is 11.8 Å². The molecule has 0 spiro atoms. The second-order valence-electron chi connectivity index (χ2n) is 7.21. The van der Waals surface area contributed by atoms with E-state index >= 15 is 0 Å². The Hall–Kier alpha value is -0.0800. The van der Waals surface area contributed by atoms with Gasteiger partial charge in [-0.3, -0.25) is 4.90 Å². The van der Waals surface area contributed by atoms with Gasteiger partial charge in [-0.1, -0.05) is 41.0 Å². The molecule has 1 saturated heterocycles. The summed E-state index contributed by atoms with van der Waals surface area (Å²) in [6.07, 6.45) is 6.71. The van der Waals surface area contributed by atoms with Crippen molar-refractivity contribution in [1.82, 2.24) is 10.2 Å². The molecule has 114 valence electrons. The Labute approximate surface area is 121 Å². The van der Waals surface area contributed by atoms with Crippen molar-refractivity contribution in [1.29, 1.82) is 0 Å². The minimum Gasteiger partial charge on any atom is -0.311 e. The first kappa shape index (κ1) is 17.0. The molecule has 1 aliphatic heterocycles. The smallest absolute Gasteiger partial charge is 0.0223 e. The molecule has 1 N–H and O–H groups in total. The minimum atomic E-state index is 0.729. The lowest BCUT2D eigenvalue weighted by Crippen LogP contribution is -2.56. The molecule has 0 saturated carbocycles. The highest BCUT2D eigenvalue weighted by molar-refractivity contribution is 4.86. The van der Waals surface area contributed by atoms with Gasteiger partial charge in [0.25, 0.3) is 0 Å². The molecule has 0 aromatic heterocycles.